The highest BCUT2D eigenvalue weighted by Gasteiger charge is 2.32. The van der Waals surface area contributed by atoms with E-state index in [9.17, 15) is 18.4 Å². The number of halogens is 2. The first kappa shape index (κ1) is 54.8. The third-order valence-corrected chi connectivity index (χ3v) is 5.07. The minimum atomic E-state index is -0.741. The predicted molar refractivity (Wildman–Crippen MR) is 196 cm³/mol. The van der Waals surface area contributed by atoms with Gasteiger partial charge in [-0.15, -0.1) is 0 Å². The molecular weight excluding hydrogens is 570 g/mol. The SMILES string of the molecule is C/C(F)=C(/C)F.C=C(C)C(C)=O.C=CC(C)=O.C=Cc1ccccc1.CC.CC.CCC.CCC1CC1.COCC1(C)COC1. The van der Waals surface area contributed by atoms with E-state index in [0.29, 0.717) is 11.0 Å². The van der Waals surface area contributed by atoms with E-state index in [4.69, 9.17) is 9.47 Å². The molecule has 1 aromatic carbocycles. The number of ketones is 2. The zero-order valence-electron chi connectivity index (χ0n) is 31.6. The molecule has 0 amide bonds. The maximum Gasteiger partial charge on any atom is 0.154 e. The fourth-order valence-corrected chi connectivity index (χ4v) is 2.00. The summed E-state index contributed by atoms with van der Waals surface area (Å²) in [6, 6.07) is 10.0. The van der Waals surface area contributed by atoms with Crippen molar-refractivity contribution >= 4 is 17.6 Å². The predicted octanol–water partition coefficient (Wildman–Crippen LogP) is 12.4. The molecule has 1 aliphatic heterocycles. The summed E-state index contributed by atoms with van der Waals surface area (Å²) in [5.41, 5.74) is 2.12. The molecular formula is C39H70F2O4. The third kappa shape index (κ3) is 54.2. The smallest absolute Gasteiger partial charge is 0.154 e. The van der Waals surface area contributed by atoms with E-state index in [1.54, 1.807) is 14.0 Å². The molecule has 264 valence electrons. The average molecular weight is 641 g/mol. The van der Waals surface area contributed by atoms with Crippen LogP contribution in [-0.4, -0.2) is 38.5 Å². The zero-order chi connectivity index (χ0) is 36.9. The first-order valence-electron chi connectivity index (χ1n) is 16.1. The highest BCUT2D eigenvalue weighted by atomic mass is 19.2. The largest absolute Gasteiger partial charge is 0.384 e. The molecule has 6 heteroatoms. The maximum atomic E-state index is 11.3. The summed E-state index contributed by atoms with van der Waals surface area (Å²) in [6.45, 7) is 36.3. The van der Waals surface area contributed by atoms with E-state index in [-0.39, 0.29) is 11.6 Å². The number of carbonyl (C=O) groups is 2. The van der Waals surface area contributed by atoms with E-state index >= 15 is 0 Å². The Morgan fingerprint density at radius 3 is 1.36 bits per heavy atom. The fourth-order valence-electron chi connectivity index (χ4n) is 2.00. The summed E-state index contributed by atoms with van der Waals surface area (Å²) < 4.78 is 32.6. The first-order chi connectivity index (χ1) is 21.1. The van der Waals surface area contributed by atoms with Crippen LogP contribution in [0.5, 0.6) is 0 Å². The van der Waals surface area contributed by atoms with Crippen LogP contribution < -0.4 is 0 Å². The molecule has 0 unspecified atom stereocenters. The van der Waals surface area contributed by atoms with Crippen LogP contribution in [0.3, 0.4) is 0 Å². The lowest BCUT2D eigenvalue weighted by Gasteiger charge is -2.37. The lowest BCUT2D eigenvalue weighted by atomic mass is 9.90. The van der Waals surface area contributed by atoms with Crippen LogP contribution in [0.4, 0.5) is 8.78 Å². The van der Waals surface area contributed by atoms with Gasteiger partial charge in [0.2, 0.25) is 0 Å². The molecule has 0 atom stereocenters. The summed E-state index contributed by atoms with van der Waals surface area (Å²) in [5.74, 6) is -0.264. The molecule has 1 heterocycles. The van der Waals surface area contributed by atoms with Gasteiger partial charge in [0.25, 0.3) is 0 Å². The van der Waals surface area contributed by atoms with Crippen molar-refractivity contribution in [3.63, 3.8) is 0 Å². The summed E-state index contributed by atoms with van der Waals surface area (Å²) in [6.07, 6.45) is 8.80. The second-order valence-electron chi connectivity index (χ2n) is 10.1. The summed E-state index contributed by atoms with van der Waals surface area (Å²) >= 11 is 0. The molecule has 0 bridgehead atoms. The molecule has 1 aliphatic carbocycles. The van der Waals surface area contributed by atoms with Gasteiger partial charge < -0.3 is 9.47 Å². The van der Waals surface area contributed by atoms with Gasteiger partial charge in [-0.1, -0.05) is 137 Å². The highest BCUT2D eigenvalue weighted by Crippen LogP contribution is 2.31. The minimum absolute atomic E-state index is 0.0185. The van der Waals surface area contributed by atoms with Gasteiger partial charge in [0, 0.05) is 12.5 Å². The van der Waals surface area contributed by atoms with Gasteiger partial charge in [-0.05, 0) is 57.7 Å². The molecule has 1 aromatic rings. The number of ether oxygens (including phenoxy) is 2. The number of carbonyl (C=O) groups excluding carboxylic acids is 2. The van der Waals surface area contributed by atoms with Gasteiger partial charge >= 0.3 is 0 Å². The van der Waals surface area contributed by atoms with E-state index in [1.807, 2.05) is 64.1 Å². The maximum absolute atomic E-state index is 11.3. The minimum Gasteiger partial charge on any atom is -0.384 e. The molecule has 3 rings (SSSR count). The van der Waals surface area contributed by atoms with Gasteiger partial charge in [-0.3, -0.25) is 9.59 Å². The standard InChI is InChI=1S/C8H8.C6H12O2.C5H8O.C5H10.C4H6F2.C4H6O.C3H8.2C2H6/c1-2-8-6-4-3-5-7-8;1-6(3-7-2)4-8-5-6;1-4(2)5(3)6;1-2-5-3-4-5;1-3(5)4(2)6;1-3-4(2)5;1-3-2;2*1-2/h2-7H,1H2;3-5H2,1-2H3;1H2,2-3H3;5H,2-4H2,1H3;1-2H3;3H,1H2,2H3;3H2,1-2H3;2*1-2H3/b;;;;4-3+;;;;. The van der Waals surface area contributed by atoms with Crippen LogP contribution in [0, 0.1) is 11.3 Å². The number of Topliss-reactive ketones (excluding diaryl/α,β-unsaturated/α-hetero) is 1. The van der Waals surface area contributed by atoms with Crippen LogP contribution >= 0.6 is 0 Å². The molecule has 1 saturated heterocycles. The summed E-state index contributed by atoms with van der Waals surface area (Å²) in [4.78, 5) is 19.7. The van der Waals surface area contributed by atoms with E-state index in [1.165, 1.54) is 51.2 Å². The molecule has 2 aliphatic rings. The Hall–Kier alpha value is -2.70. The average Bonchev–Trinajstić information content (AvgIpc) is 3.86. The topological polar surface area (TPSA) is 52.6 Å². The van der Waals surface area contributed by atoms with Crippen molar-refractivity contribution in [2.45, 2.75) is 116 Å². The Balaban J connectivity index is -0.0000000983. The lowest BCUT2D eigenvalue weighted by Crippen LogP contribution is -2.43. The molecule has 0 aromatic heterocycles. The van der Waals surface area contributed by atoms with Crippen LogP contribution in [0.25, 0.3) is 6.08 Å². The van der Waals surface area contributed by atoms with Gasteiger partial charge in [-0.25, -0.2) is 8.78 Å². The third-order valence-electron chi connectivity index (χ3n) is 5.07. The second kappa shape index (κ2) is 41.3. The molecule has 0 N–H and O–H groups in total. The van der Waals surface area contributed by atoms with Gasteiger partial charge in [0.05, 0.1) is 19.8 Å². The Kier molecular flexibility index (Phi) is 50.3. The zero-order valence-corrected chi connectivity index (χ0v) is 31.6. The summed E-state index contributed by atoms with van der Waals surface area (Å²) in [7, 11) is 1.73. The first-order valence-corrected chi connectivity index (χ1v) is 16.1. The van der Waals surface area contributed by atoms with Crippen molar-refractivity contribution in [3.8, 4) is 0 Å². The van der Waals surface area contributed by atoms with Gasteiger partial charge in [-0.2, -0.15) is 0 Å². The highest BCUT2D eigenvalue weighted by molar-refractivity contribution is 5.91. The Morgan fingerprint density at radius 2 is 1.27 bits per heavy atom. The van der Waals surface area contributed by atoms with Crippen molar-refractivity contribution < 1.29 is 27.8 Å². The number of hydrogen-bond donors (Lipinski definition) is 0. The van der Waals surface area contributed by atoms with Crippen LogP contribution in [0.1, 0.15) is 121 Å². The molecule has 1 saturated carbocycles. The van der Waals surface area contributed by atoms with Crippen molar-refractivity contribution in [3.05, 3.63) is 78.9 Å². The Labute approximate surface area is 278 Å². The van der Waals surface area contributed by atoms with Gasteiger partial charge in [0.1, 0.15) is 11.7 Å². The molecule has 0 spiro atoms. The van der Waals surface area contributed by atoms with Crippen molar-refractivity contribution in [1.29, 1.82) is 0 Å². The van der Waals surface area contributed by atoms with Crippen LogP contribution in [0.15, 0.2) is 73.4 Å². The monoisotopic (exact) mass is 641 g/mol. The lowest BCUT2D eigenvalue weighted by molar-refractivity contribution is -0.131. The fraction of sp³-hybridized carbons (Fsp3) is 0.590. The number of benzene rings is 1. The number of hydrogen-bond acceptors (Lipinski definition) is 4. The van der Waals surface area contributed by atoms with Crippen LogP contribution in [-0.2, 0) is 19.1 Å². The van der Waals surface area contributed by atoms with E-state index < -0.39 is 11.7 Å². The van der Waals surface area contributed by atoms with Crippen molar-refractivity contribution in [2.24, 2.45) is 11.3 Å². The Bertz CT molecular complexity index is 823. The van der Waals surface area contributed by atoms with Crippen LogP contribution in [0.2, 0.25) is 0 Å². The van der Waals surface area contributed by atoms with Gasteiger partial charge in [0.15, 0.2) is 11.6 Å². The second-order valence-corrected chi connectivity index (χ2v) is 10.1. The van der Waals surface area contributed by atoms with Crippen molar-refractivity contribution in [2.75, 3.05) is 26.9 Å². The quantitative estimate of drug-likeness (QED) is 0.290. The number of methoxy groups -OCH3 is 1. The summed E-state index contributed by atoms with van der Waals surface area (Å²) in [5, 5.41) is 0. The molecule has 45 heavy (non-hydrogen) atoms. The molecule has 4 nitrogen and oxygen atoms in total. The van der Waals surface area contributed by atoms with E-state index in [2.05, 4.69) is 47.4 Å². The number of allylic oxidation sites excluding steroid dienone is 4. The molecule has 2 fully saturated rings. The van der Waals surface area contributed by atoms with Crippen molar-refractivity contribution in [1.82, 2.24) is 0 Å². The Morgan fingerprint density at radius 1 is 0.911 bits per heavy atom. The number of rotatable bonds is 6. The normalized spacial score (nSPS) is 12.8. The van der Waals surface area contributed by atoms with E-state index in [0.717, 1.165) is 39.6 Å². The molecule has 0 radical (unpaired) electrons.